The number of anilines is 2. The number of benzene rings is 3. The van der Waals surface area contributed by atoms with Crippen molar-refractivity contribution < 1.29 is 9.26 Å². The number of nitrogens with zero attached hydrogens (tertiary/aromatic N) is 1. The van der Waals surface area contributed by atoms with Crippen LogP contribution in [0.1, 0.15) is 16.9 Å². The molecule has 0 aliphatic heterocycles. The lowest BCUT2D eigenvalue weighted by Gasteiger charge is -2.22. The van der Waals surface area contributed by atoms with Crippen molar-refractivity contribution in [3.8, 4) is 11.3 Å². The van der Waals surface area contributed by atoms with Gasteiger partial charge in [0, 0.05) is 18.7 Å². The Morgan fingerprint density at radius 1 is 0.970 bits per heavy atom. The highest BCUT2D eigenvalue weighted by molar-refractivity contribution is 6.33. The number of hydrogen-bond donors (Lipinski definition) is 2. The first-order valence-corrected chi connectivity index (χ1v) is 11.3. The van der Waals surface area contributed by atoms with E-state index in [0.717, 1.165) is 34.8 Å². The van der Waals surface area contributed by atoms with Crippen molar-refractivity contribution in [1.29, 1.82) is 0 Å². The van der Waals surface area contributed by atoms with Gasteiger partial charge in [0.05, 0.1) is 35.6 Å². The molecule has 0 spiro atoms. The molecule has 5 nitrogen and oxygen atoms in total. The summed E-state index contributed by atoms with van der Waals surface area (Å²) in [6.07, 6.45) is 0.867. The lowest BCUT2D eigenvalue weighted by Crippen LogP contribution is -2.28. The molecule has 33 heavy (non-hydrogen) atoms. The first kappa shape index (κ1) is 22.9. The number of para-hydroxylation sites is 2. The largest absolute Gasteiger partial charge is 0.383 e. The minimum absolute atomic E-state index is 0.137. The number of aromatic nitrogens is 1. The van der Waals surface area contributed by atoms with E-state index >= 15 is 0 Å². The fourth-order valence-corrected chi connectivity index (χ4v) is 3.95. The van der Waals surface area contributed by atoms with E-state index in [0.29, 0.717) is 18.2 Å². The maximum absolute atomic E-state index is 6.29. The summed E-state index contributed by atoms with van der Waals surface area (Å²) in [5.74, 6) is 0.729. The number of methoxy groups -OCH3 is 1. The van der Waals surface area contributed by atoms with E-state index in [1.54, 1.807) is 7.11 Å². The van der Waals surface area contributed by atoms with E-state index in [1.165, 1.54) is 11.1 Å². The Morgan fingerprint density at radius 2 is 1.70 bits per heavy atom. The van der Waals surface area contributed by atoms with Crippen LogP contribution in [0.3, 0.4) is 0 Å². The van der Waals surface area contributed by atoms with Gasteiger partial charge in [0.15, 0.2) is 5.76 Å². The summed E-state index contributed by atoms with van der Waals surface area (Å²) in [5, 5.41) is 11.9. The first-order chi connectivity index (χ1) is 16.1. The second kappa shape index (κ2) is 11.0. The van der Waals surface area contributed by atoms with E-state index in [9.17, 15) is 0 Å². The Hall–Kier alpha value is -3.28. The maximum Gasteiger partial charge on any atom is 0.156 e. The number of ether oxygens (including phenoxy) is 1. The van der Waals surface area contributed by atoms with Crippen LogP contribution in [-0.4, -0.2) is 24.9 Å². The average molecular weight is 462 g/mol. The lowest BCUT2D eigenvalue weighted by atomic mass is 10.0. The van der Waals surface area contributed by atoms with Gasteiger partial charge in [0.25, 0.3) is 0 Å². The topological polar surface area (TPSA) is 59.3 Å². The van der Waals surface area contributed by atoms with E-state index < -0.39 is 0 Å². The highest BCUT2D eigenvalue weighted by Gasteiger charge is 2.13. The number of nitrogens with one attached hydrogen (secondary N) is 2. The van der Waals surface area contributed by atoms with Crippen molar-refractivity contribution in [2.24, 2.45) is 0 Å². The van der Waals surface area contributed by atoms with Gasteiger partial charge >= 0.3 is 0 Å². The van der Waals surface area contributed by atoms with Gasteiger partial charge in [-0.15, -0.1) is 0 Å². The minimum atomic E-state index is 0.137. The quantitative estimate of drug-likeness (QED) is 0.279. The van der Waals surface area contributed by atoms with E-state index in [1.807, 2.05) is 48.5 Å². The standard InChI is InChI=1S/C27H28ClN3O2/c1-19-11-13-20(14-12-19)15-21(18-32-2)30-26-10-6-5-9-25(26)29-17-22-16-27(31-33-22)23-7-3-4-8-24(23)28/h3-14,16,21,29-30H,15,17-18H2,1-2H3/t21-/m0/s1. The fraction of sp³-hybridized carbons (Fsp3) is 0.222. The van der Waals surface area contributed by atoms with Crippen LogP contribution in [0.4, 0.5) is 11.4 Å². The molecular formula is C27H28ClN3O2. The van der Waals surface area contributed by atoms with Crippen LogP contribution in [0.25, 0.3) is 11.3 Å². The number of halogens is 1. The summed E-state index contributed by atoms with van der Waals surface area (Å²) >= 11 is 6.29. The third-order valence-electron chi connectivity index (χ3n) is 5.42. The summed E-state index contributed by atoms with van der Waals surface area (Å²) in [6, 6.07) is 26.4. The fourth-order valence-electron chi connectivity index (χ4n) is 3.72. The van der Waals surface area contributed by atoms with Gasteiger partial charge in [-0.2, -0.15) is 0 Å². The van der Waals surface area contributed by atoms with Crippen molar-refractivity contribution in [3.63, 3.8) is 0 Å². The van der Waals surface area contributed by atoms with Gasteiger partial charge in [-0.1, -0.05) is 76.9 Å². The van der Waals surface area contributed by atoms with Gasteiger partial charge < -0.3 is 19.9 Å². The molecule has 0 saturated heterocycles. The Bertz CT molecular complexity index is 1170. The van der Waals surface area contributed by atoms with Gasteiger partial charge in [-0.05, 0) is 37.1 Å². The molecule has 1 heterocycles. The van der Waals surface area contributed by atoms with Gasteiger partial charge in [0.1, 0.15) is 5.69 Å². The molecule has 0 saturated carbocycles. The third kappa shape index (κ3) is 6.15. The zero-order valence-corrected chi connectivity index (χ0v) is 19.6. The van der Waals surface area contributed by atoms with Crippen molar-refractivity contribution in [1.82, 2.24) is 5.16 Å². The Morgan fingerprint density at radius 3 is 2.45 bits per heavy atom. The zero-order chi connectivity index (χ0) is 23.0. The minimum Gasteiger partial charge on any atom is -0.383 e. The molecule has 170 valence electrons. The van der Waals surface area contributed by atoms with E-state index in [-0.39, 0.29) is 6.04 Å². The monoisotopic (exact) mass is 461 g/mol. The third-order valence-corrected chi connectivity index (χ3v) is 5.75. The maximum atomic E-state index is 6.29. The summed E-state index contributed by atoms with van der Waals surface area (Å²) in [7, 11) is 1.73. The molecule has 0 aliphatic rings. The molecule has 1 atom stereocenters. The number of hydrogen-bond acceptors (Lipinski definition) is 5. The van der Waals surface area contributed by atoms with Gasteiger partial charge in [-0.3, -0.25) is 0 Å². The Kier molecular flexibility index (Phi) is 7.66. The predicted octanol–water partition coefficient (Wildman–Crippen LogP) is 6.59. The SMILES string of the molecule is COC[C@H](Cc1ccc(C)cc1)Nc1ccccc1NCc1cc(-c2ccccc2Cl)no1. The number of aryl methyl sites for hydroxylation is 1. The summed E-state index contributed by atoms with van der Waals surface area (Å²) in [5.41, 5.74) is 6.11. The molecule has 0 bridgehead atoms. The Labute approximate surface area is 199 Å². The van der Waals surface area contributed by atoms with E-state index in [2.05, 4.69) is 53.0 Å². The normalized spacial score (nSPS) is 11.8. The van der Waals surface area contributed by atoms with Crippen molar-refractivity contribution in [2.45, 2.75) is 25.9 Å². The van der Waals surface area contributed by atoms with Crippen LogP contribution in [0, 0.1) is 6.92 Å². The molecule has 2 N–H and O–H groups in total. The summed E-state index contributed by atoms with van der Waals surface area (Å²) < 4.78 is 11.0. The molecule has 1 aromatic heterocycles. The summed E-state index contributed by atoms with van der Waals surface area (Å²) in [6.45, 7) is 3.21. The molecule has 0 radical (unpaired) electrons. The van der Waals surface area contributed by atoms with Crippen molar-refractivity contribution in [2.75, 3.05) is 24.4 Å². The van der Waals surface area contributed by atoms with Gasteiger partial charge in [0.2, 0.25) is 0 Å². The number of rotatable bonds is 10. The molecule has 0 fully saturated rings. The first-order valence-electron chi connectivity index (χ1n) is 11.0. The Balaban J connectivity index is 1.43. The molecule has 0 amide bonds. The summed E-state index contributed by atoms with van der Waals surface area (Å²) in [4.78, 5) is 0. The highest BCUT2D eigenvalue weighted by Crippen LogP contribution is 2.28. The van der Waals surface area contributed by atoms with Crippen LogP contribution in [0.2, 0.25) is 5.02 Å². The molecule has 4 rings (SSSR count). The van der Waals surface area contributed by atoms with Crippen LogP contribution < -0.4 is 10.6 Å². The molecule has 4 aromatic rings. The van der Waals surface area contributed by atoms with Crippen molar-refractivity contribution >= 4 is 23.0 Å². The van der Waals surface area contributed by atoms with Gasteiger partial charge in [-0.25, -0.2) is 0 Å². The van der Waals surface area contributed by atoms with Crippen LogP contribution in [0.5, 0.6) is 0 Å². The molecule has 6 heteroatoms. The average Bonchev–Trinajstić information content (AvgIpc) is 3.29. The van der Waals surface area contributed by atoms with Crippen LogP contribution >= 0.6 is 11.6 Å². The molecule has 0 unspecified atom stereocenters. The second-order valence-corrected chi connectivity index (χ2v) is 8.45. The van der Waals surface area contributed by atoms with E-state index in [4.69, 9.17) is 20.9 Å². The van der Waals surface area contributed by atoms with Crippen LogP contribution in [0.15, 0.2) is 83.4 Å². The molecule has 0 aliphatic carbocycles. The van der Waals surface area contributed by atoms with Crippen molar-refractivity contribution in [3.05, 3.63) is 101 Å². The molecule has 3 aromatic carbocycles. The smallest absolute Gasteiger partial charge is 0.156 e. The predicted molar refractivity (Wildman–Crippen MR) is 135 cm³/mol. The molecular weight excluding hydrogens is 434 g/mol. The van der Waals surface area contributed by atoms with Crippen LogP contribution in [-0.2, 0) is 17.7 Å². The zero-order valence-electron chi connectivity index (χ0n) is 18.8. The second-order valence-electron chi connectivity index (χ2n) is 8.04. The lowest BCUT2D eigenvalue weighted by molar-refractivity contribution is 0.185. The highest BCUT2D eigenvalue weighted by atomic mass is 35.5.